The van der Waals surface area contributed by atoms with E-state index >= 15 is 0 Å². The van der Waals surface area contributed by atoms with Crippen molar-refractivity contribution in [3.63, 3.8) is 0 Å². The van der Waals surface area contributed by atoms with E-state index in [9.17, 15) is 13.2 Å². The van der Waals surface area contributed by atoms with Crippen LogP contribution in [0.4, 0.5) is 0 Å². The zero-order valence-electron chi connectivity index (χ0n) is 18.1. The molecule has 1 aliphatic heterocycles. The maximum atomic E-state index is 13.3. The van der Waals surface area contributed by atoms with Crippen molar-refractivity contribution in [2.24, 2.45) is 5.73 Å². The van der Waals surface area contributed by atoms with Gasteiger partial charge in [0.15, 0.2) is 0 Å². The van der Waals surface area contributed by atoms with E-state index in [-0.39, 0.29) is 10.3 Å². The van der Waals surface area contributed by atoms with Crippen LogP contribution in [0.1, 0.15) is 39.7 Å². The Morgan fingerprint density at radius 2 is 1.88 bits per heavy atom. The summed E-state index contributed by atoms with van der Waals surface area (Å²) in [6.07, 6.45) is 1.70. The molecular weight excluding hydrogens is 494 g/mol. The highest BCUT2D eigenvalue weighted by atomic mass is 35.5. The topological polar surface area (TPSA) is 111 Å². The highest BCUT2D eigenvalue weighted by Crippen LogP contribution is 2.32. The van der Waals surface area contributed by atoms with E-state index in [0.717, 1.165) is 15.9 Å². The number of carbonyl (C=O) groups is 1. The van der Waals surface area contributed by atoms with Crippen LogP contribution in [0, 0.1) is 0 Å². The molecule has 0 unspecified atom stereocenters. The summed E-state index contributed by atoms with van der Waals surface area (Å²) in [4.78, 5) is 12.6. The fraction of sp³-hybridized carbons (Fsp3) is 0.261. The predicted molar refractivity (Wildman–Crippen MR) is 132 cm³/mol. The summed E-state index contributed by atoms with van der Waals surface area (Å²) in [5.74, 6) is -0.543. The first-order chi connectivity index (χ1) is 16.3. The number of halogens is 1. The highest BCUT2D eigenvalue weighted by Gasteiger charge is 2.32. The normalized spacial score (nSPS) is 15.7. The minimum absolute atomic E-state index is 0.104. The molecule has 1 saturated heterocycles. The molecule has 2 N–H and O–H groups in total. The molecule has 2 aromatic heterocycles. The van der Waals surface area contributed by atoms with E-state index in [1.807, 2.05) is 28.9 Å². The van der Waals surface area contributed by atoms with Crippen molar-refractivity contribution in [2.75, 3.05) is 13.1 Å². The second-order valence-corrected chi connectivity index (χ2v) is 12.0. The summed E-state index contributed by atoms with van der Waals surface area (Å²) >= 11 is 7.29. The number of para-hydroxylation sites is 1. The maximum Gasteiger partial charge on any atom is 0.252 e. The Morgan fingerprint density at radius 3 is 2.65 bits per heavy atom. The van der Waals surface area contributed by atoms with Crippen LogP contribution >= 0.6 is 22.9 Å². The van der Waals surface area contributed by atoms with Crippen LogP contribution in [0.25, 0.3) is 11.0 Å². The SMILES string of the molecule is NC(=O)c1ccc(Cl)cc1Cc1ccc(S(=O)(=O)N2CCC(n3nnc4ccccc43)CC2)s1. The number of aromatic nitrogens is 3. The Morgan fingerprint density at radius 1 is 1.12 bits per heavy atom. The van der Waals surface area contributed by atoms with Crippen LogP contribution in [0.2, 0.25) is 5.02 Å². The summed E-state index contributed by atoms with van der Waals surface area (Å²) < 4.78 is 30.3. The van der Waals surface area contributed by atoms with Crippen molar-refractivity contribution in [2.45, 2.75) is 29.5 Å². The summed E-state index contributed by atoms with van der Waals surface area (Å²) in [5.41, 5.74) is 8.33. The van der Waals surface area contributed by atoms with Crippen molar-refractivity contribution in [1.29, 1.82) is 0 Å². The molecule has 1 fully saturated rings. The van der Waals surface area contributed by atoms with Gasteiger partial charge in [-0.25, -0.2) is 13.1 Å². The number of nitrogens with two attached hydrogens (primary N) is 1. The van der Waals surface area contributed by atoms with Gasteiger partial charge in [-0.2, -0.15) is 4.31 Å². The molecule has 1 aliphatic rings. The number of primary amides is 1. The number of nitrogens with zero attached hydrogens (tertiary/aromatic N) is 4. The Bertz CT molecular complexity index is 1470. The van der Waals surface area contributed by atoms with Gasteiger partial charge >= 0.3 is 0 Å². The van der Waals surface area contributed by atoms with E-state index in [4.69, 9.17) is 17.3 Å². The zero-order chi connectivity index (χ0) is 23.9. The van der Waals surface area contributed by atoms with Gasteiger partial charge in [0.1, 0.15) is 9.73 Å². The van der Waals surface area contributed by atoms with E-state index < -0.39 is 15.9 Å². The Labute approximate surface area is 206 Å². The van der Waals surface area contributed by atoms with Crippen molar-refractivity contribution < 1.29 is 13.2 Å². The summed E-state index contributed by atoms with van der Waals surface area (Å²) in [6, 6.07) is 16.2. The van der Waals surface area contributed by atoms with Crippen molar-refractivity contribution in [3.8, 4) is 0 Å². The van der Waals surface area contributed by atoms with Crippen LogP contribution in [0.5, 0.6) is 0 Å². The number of carbonyl (C=O) groups excluding carboxylic acids is 1. The molecule has 0 aliphatic carbocycles. The zero-order valence-corrected chi connectivity index (χ0v) is 20.5. The molecule has 0 radical (unpaired) electrons. The van der Waals surface area contributed by atoms with Crippen LogP contribution in [0.15, 0.2) is 58.8 Å². The van der Waals surface area contributed by atoms with Crippen LogP contribution in [-0.2, 0) is 16.4 Å². The third kappa shape index (κ3) is 4.34. The van der Waals surface area contributed by atoms with Gasteiger partial charge in [-0.1, -0.05) is 28.9 Å². The number of hydrogen-bond donors (Lipinski definition) is 1. The van der Waals surface area contributed by atoms with Crippen LogP contribution in [-0.4, -0.2) is 46.7 Å². The summed E-state index contributed by atoms with van der Waals surface area (Å²) in [5, 5.41) is 9.00. The van der Waals surface area contributed by atoms with Crippen molar-refractivity contribution in [3.05, 3.63) is 75.6 Å². The fourth-order valence-corrected chi connectivity index (χ4v) is 7.54. The molecule has 3 heterocycles. The average Bonchev–Trinajstić information content (AvgIpc) is 3.47. The molecule has 0 atom stereocenters. The second-order valence-electron chi connectivity index (χ2n) is 8.22. The lowest BCUT2D eigenvalue weighted by atomic mass is 10.0. The molecule has 1 amide bonds. The van der Waals surface area contributed by atoms with E-state index in [1.54, 1.807) is 30.3 Å². The molecule has 2 aromatic carbocycles. The monoisotopic (exact) mass is 515 g/mol. The van der Waals surface area contributed by atoms with Gasteiger partial charge in [-0.15, -0.1) is 16.4 Å². The van der Waals surface area contributed by atoms with Crippen molar-refractivity contribution >= 4 is 49.9 Å². The first kappa shape index (κ1) is 23.0. The van der Waals surface area contributed by atoms with Gasteiger partial charge < -0.3 is 5.73 Å². The lowest BCUT2D eigenvalue weighted by Crippen LogP contribution is -2.38. The molecule has 34 heavy (non-hydrogen) atoms. The first-order valence-corrected chi connectivity index (χ1v) is 13.4. The predicted octanol–water partition coefficient (Wildman–Crippen LogP) is 3.86. The highest BCUT2D eigenvalue weighted by molar-refractivity contribution is 7.91. The van der Waals surface area contributed by atoms with Gasteiger partial charge in [0.25, 0.3) is 10.0 Å². The first-order valence-electron chi connectivity index (χ1n) is 10.8. The molecule has 5 rings (SSSR count). The number of amides is 1. The van der Waals surface area contributed by atoms with E-state index in [0.29, 0.717) is 48.5 Å². The second kappa shape index (κ2) is 9.10. The number of sulfonamides is 1. The average molecular weight is 516 g/mol. The molecule has 8 nitrogen and oxygen atoms in total. The molecule has 0 saturated carbocycles. The van der Waals surface area contributed by atoms with Gasteiger partial charge in [0.05, 0.1) is 11.6 Å². The molecule has 4 aromatic rings. The number of benzene rings is 2. The molecule has 176 valence electrons. The molecule has 11 heteroatoms. The third-order valence-corrected chi connectivity index (χ3v) is 9.76. The Kier molecular flexibility index (Phi) is 6.15. The number of hydrogen-bond acceptors (Lipinski definition) is 6. The smallest absolute Gasteiger partial charge is 0.252 e. The largest absolute Gasteiger partial charge is 0.366 e. The van der Waals surface area contributed by atoms with Gasteiger partial charge in [-0.05, 0) is 60.9 Å². The quantitative estimate of drug-likeness (QED) is 0.419. The van der Waals surface area contributed by atoms with E-state index in [2.05, 4.69) is 10.3 Å². The minimum atomic E-state index is -3.61. The maximum absolute atomic E-state index is 13.3. The van der Waals surface area contributed by atoms with Crippen LogP contribution < -0.4 is 5.73 Å². The van der Waals surface area contributed by atoms with Gasteiger partial charge in [0, 0.05) is 35.0 Å². The summed E-state index contributed by atoms with van der Waals surface area (Å²) in [7, 11) is -3.61. The molecule has 0 spiro atoms. The standard InChI is InChI=1S/C23H22ClN5O3S2/c24-16-5-7-19(23(25)30)15(13-16)14-18-6-8-22(33-18)34(31,32)28-11-9-17(10-12-28)29-21-4-2-1-3-20(21)26-27-29/h1-8,13,17H,9-12,14H2,(H2,25,30). The molecular formula is C23H22ClN5O3S2. The summed E-state index contributed by atoms with van der Waals surface area (Å²) in [6.45, 7) is 0.822. The van der Waals surface area contributed by atoms with Crippen LogP contribution in [0.3, 0.4) is 0 Å². The van der Waals surface area contributed by atoms with Crippen molar-refractivity contribution in [1.82, 2.24) is 19.3 Å². The lowest BCUT2D eigenvalue weighted by Gasteiger charge is -2.30. The van der Waals surface area contributed by atoms with Gasteiger partial charge in [-0.3, -0.25) is 4.79 Å². The molecule has 0 bridgehead atoms. The van der Waals surface area contributed by atoms with E-state index in [1.165, 1.54) is 15.6 Å². The number of fused-ring (bicyclic) bond motifs is 1. The van der Waals surface area contributed by atoms with Gasteiger partial charge in [0.2, 0.25) is 5.91 Å². The minimum Gasteiger partial charge on any atom is -0.366 e. The lowest BCUT2D eigenvalue weighted by molar-refractivity contribution is 0.0999. The number of thiophene rings is 1. The Hall–Kier alpha value is -2.79. The third-order valence-electron chi connectivity index (χ3n) is 6.08. The fourth-order valence-electron chi connectivity index (χ4n) is 4.34. The number of rotatable bonds is 6. The Balaban J connectivity index is 1.30. The number of piperidine rings is 1.